The summed E-state index contributed by atoms with van der Waals surface area (Å²) >= 11 is 9.78. The van der Waals surface area contributed by atoms with E-state index in [4.69, 9.17) is 11.6 Å². The maximum absolute atomic E-state index is 13.3. The third-order valence-corrected chi connectivity index (χ3v) is 5.80. The van der Waals surface area contributed by atoms with Crippen LogP contribution in [0.5, 0.6) is 0 Å². The van der Waals surface area contributed by atoms with Crippen molar-refractivity contribution in [3.8, 4) is 0 Å². The Bertz CT molecular complexity index is 641. The predicted octanol–water partition coefficient (Wildman–Crippen LogP) is 6.11. The number of halogens is 3. The molecule has 0 fully saturated rings. The number of aryl methyl sites for hydroxylation is 1. The van der Waals surface area contributed by atoms with Crippen molar-refractivity contribution >= 4 is 27.5 Å². The average Bonchev–Trinajstić information content (AvgIpc) is 2.64. The molecule has 2 atom stereocenters. The normalized spacial score (nSPS) is 21.7. The molecule has 21 heavy (non-hydrogen) atoms. The molecule has 1 aliphatic carbocycles. The van der Waals surface area contributed by atoms with Crippen LogP contribution in [0.4, 0.5) is 4.39 Å². The van der Waals surface area contributed by atoms with E-state index in [-0.39, 0.29) is 10.8 Å². The Morgan fingerprint density at radius 1 is 1.19 bits per heavy atom. The minimum absolute atomic E-state index is 0.215. The lowest BCUT2D eigenvalue weighted by Crippen LogP contribution is -2.10. The number of benzene rings is 2. The van der Waals surface area contributed by atoms with Crippen LogP contribution in [0, 0.1) is 11.7 Å². The molecule has 1 aliphatic rings. The zero-order valence-electron chi connectivity index (χ0n) is 11.7. The summed E-state index contributed by atoms with van der Waals surface area (Å²) in [5, 5.41) is 0.215. The number of hydrogen-bond acceptors (Lipinski definition) is 0. The van der Waals surface area contributed by atoms with Crippen molar-refractivity contribution in [3.05, 3.63) is 70.0 Å². The van der Waals surface area contributed by atoms with Crippen molar-refractivity contribution in [1.82, 2.24) is 0 Å². The van der Waals surface area contributed by atoms with Crippen LogP contribution in [-0.2, 0) is 12.8 Å². The van der Waals surface area contributed by atoms with Crippen molar-refractivity contribution in [2.75, 3.05) is 0 Å². The topological polar surface area (TPSA) is 0 Å². The SMILES string of the molecule is Fc1ccc(CC2CCCc3ccccc3C2Br)cc1Cl. The van der Waals surface area contributed by atoms with Gasteiger partial charge in [0.15, 0.2) is 0 Å². The fourth-order valence-electron chi connectivity index (χ4n) is 3.16. The quantitative estimate of drug-likeness (QED) is 0.444. The molecule has 110 valence electrons. The summed E-state index contributed by atoms with van der Waals surface area (Å²) < 4.78 is 13.3. The second-order valence-corrected chi connectivity index (χ2v) is 7.10. The van der Waals surface area contributed by atoms with E-state index in [1.807, 2.05) is 6.07 Å². The van der Waals surface area contributed by atoms with Gasteiger partial charge in [0.1, 0.15) is 5.82 Å². The molecule has 0 amide bonds. The lowest BCUT2D eigenvalue weighted by molar-refractivity contribution is 0.474. The summed E-state index contributed by atoms with van der Waals surface area (Å²) in [5.41, 5.74) is 3.95. The summed E-state index contributed by atoms with van der Waals surface area (Å²) in [5.74, 6) is 0.164. The fraction of sp³-hybridized carbons (Fsp3) is 0.333. The molecule has 3 rings (SSSR count). The van der Waals surface area contributed by atoms with E-state index in [9.17, 15) is 4.39 Å². The zero-order valence-corrected chi connectivity index (χ0v) is 14.0. The Hall–Kier alpha value is -0.860. The molecular weight excluding hydrogens is 351 g/mol. The average molecular weight is 368 g/mol. The van der Waals surface area contributed by atoms with E-state index in [0.717, 1.165) is 18.4 Å². The van der Waals surface area contributed by atoms with Gasteiger partial charge >= 0.3 is 0 Å². The van der Waals surface area contributed by atoms with Crippen molar-refractivity contribution in [2.45, 2.75) is 30.5 Å². The maximum Gasteiger partial charge on any atom is 0.141 e. The Balaban J connectivity index is 1.84. The Labute approximate surface area is 138 Å². The highest BCUT2D eigenvalue weighted by Crippen LogP contribution is 2.41. The first-order valence-corrected chi connectivity index (χ1v) is 8.60. The smallest absolute Gasteiger partial charge is 0.141 e. The first-order chi connectivity index (χ1) is 10.1. The van der Waals surface area contributed by atoms with Crippen LogP contribution in [0.3, 0.4) is 0 Å². The number of rotatable bonds is 2. The summed E-state index contributed by atoms with van der Waals surface area (Å²) in [4.78, 5) is 0.347. The van der Waals surface area contributed by atoms with E-state index in [0.29, 0.717) is 10.7 Å². The summed E-state index contributed by atoms with van der Waals surface area (Å²) in [6.07, 6.45) is 4.42. The second kappa shape index (κ2) is 6.50. The summed E-state index contributed by atoms with van der Waals surface area (Å²) in [7, 11) is 0. The Morgan fingerprint density at radius 2 is 2.00 bits per heavy atom. The lowest BCUT2D eigenvalue weighted by atomic mass is 9.90. The number of fused-ring (bicyclic) bond motifs is 1. The van der Waals surface area contributed by atoms with E-state index in [1.54, 1.807) is 6.07 Å². The van der Waals surface area contributed by atoms with Crippen LogP contribution in [-0.4, -0.2) is 0 Å². The lowest BCUT2D eigenvalue weighted by Gasteiger charge is -2.22. The van der Waals surface area contributed by atoms with Crippen molar-refractivity contribution in [1.29, 1.82) is 0 Å². The molecule has 2 aromatic rings. The van der Waals surface area contributed by atoms with Crippen LogP contribution in [0.2, 0.25) is 5.02 Å². The molecule has 0 spiro atoms. The standard InChI is InChI=1S/C18H17BrClF/c19-18-14(10-12-8-9-17(21)16(20)11-12)6-3-5-13-4-1-2-7-15(13)18/h1-2,4,7-9,11,14,18H,3,5-6,10H2. The van der Waals surface area contributed by atoms with Gasteiger partial charge in [-0.3, -0.25) is 0 Å². The fourth-order valence-corrected chi connectivity index (χ4v) is 4.26. The van der Waals surface area contributed by atoms with Gasteiger partial charge in [-0.1, -0.05) is 57.9 Å². The van der Waals surface area contributed by atoms with Crippen molar-refractivity contribution < 1.29 is 4.39 Å². The van der Waals surface area contributed by atoms with Gasteiger partial charge in [0, 0.05) is 4.83 Å². The molecule has 0 N–H and O–H groups in total. The molecular formula is C18H17BrClF. The van der Waals surface area contributed by atoms with E-state index in [1.165, 1.54) is 30.0 Å². The molecule has 0 radical (unpaired) electrons. The number of hydrogen-bond donors (Lipinski definition) is 0. The zero-order chi connectivity index (χ0) is 14.8. The molecule has 2 aromatic carbocycles. The van der Waals surface area contributed by atoms with Crippen LogP contribution >= 0.6 is 27.5 Å². The summed E-state index contributed by atoms with van der Waals surface area (Å²) in [6.45, 7) is 0. The van der Waals surface area contributed by atoms with Gasteiger partial charge in [-0.25, -0.2) is 4.39 Å². The molecule has 0 aliphatic heterocycles. The minimum atomic E-state index is -0.345. The molecule has 0 bridgehead atoms. The van der Waals surface area contributed by atoms with Gasteiger partial charge in [-0.05, 0) is 60.4 Å². The summed E-state index contributed by atoms with van der Waals surface area (Å²) in [6, 6.07) is 13.7. The maximum atomic E-state index is 13.3. The monoisotopic (exact) mass is 366 g/mol. The first kappa shape index (κ1) is 15.1. The van der Waals surface area contributed by atoms with Crippen LogP contribution < -0.4 is 0 Å². The first-order valence-electron chi connectivity index (χ1n) is 7.31. The minimum Gasteiger partial charge on any atom is -0.205 e. The van der Waals surface area contributed by atoms with Crippen LogP contribution in [0.1, 0.15) is 34.4 Å². The molecule has 0 saturated carbocycles. The highest BCUT2D eigenvalue weighted by atomic mass is 79.9. The Kier molecular flexibility index (Phi) is 4.66. The largest absolute Gasteiger partial charge is 0.205 e. The highest BCUT2D eigenvalue weighted by Gasteiger charge is 2.25. The molecule has 0 nitrogen and oxygen atoms in total. The van der Waals surface area contributed by atoms with Gasteiger partial charge in [-0.2, -0.15) is 0 Å². The van der Waals surface area contributed by atoms with E-state index < -0.39 is 0 Å². The van der Waals surface area contributed by atoms with Gasteiger partial charge in [0.2, 0.25) is 0 Å². The third-order valence-electron chi connectivity index (χ3n) is 4.27. The van der Waals surface area contributed by atoms with Gasteiger partial charge in [-0.15, -0.1) is 0 Å². The highest BCUT2D eigenvalue weighted by molar-refractivity contribution is 9.09. The van der Waals surface area contributed by atoms with Gasteiger partial charge in [0.25, 0.3) is 0 Å². The van der Waals surface area contributed by atoms with Crippen molar-refractivity contribution in [3.63, 3.8) is 0 Å². The van der Waals surface area contributed by atoms with Crippen LogP contribution in [0.25, 0.3) is 0 Å². The van der Waals surface area contributed by atoms with Crippen molar-refractivity contribution in [2.24, 2.45) is 5.92 Å². The molecule has 0 aromatic heterocycles. The third kappa shape index (κ3) is 3.32. The second-order valence-electron chi connectivity index (χ2n) is 5.71. The van der Waals surface area contributed by atoms with E-state index >= 15 is 0 Å². The number of alkyl halides is 1. The Morgan fingerprint density at radius 3 is 2.81 bits per heavy atom. The molecule has 0 heterocycles. The van der Waals surface area contributed by atoms with Gasteiger partial charge < -0.3 is 0 Å². The van der Waals surface area contributed by atoms with E-state index in [2.05, 4.69) is 40.2 Å². The molecule has 3 heteroatoms. The molecule has 0 saturated heterocycles. The predicted molar refractivity (Wildman–Crippen MR) is 89.7 cm³/mol. The van der Waals surface area contributed by atoms with Crippen LogP contribution in [0.15, 0.2) is 42.5 Å². The molecule has 2 unspecified atom stereocenters. The van der Waals surface area contributed by atoms with Gasteiger partial charge in [0.05, 0.1) is 5.02 Å².